The normalized spacial score (nSPS) is 10.4. The minimum atomic E-state index is 0.0311. The van der Waals surface area contributed by atoms with Crippen molar-refractivity contribution in [3.63, 3.8) is 0 Å². The van der Waals surface area contributed by atoms with E-state index in [9.17, 15) is 4.79 Å². The van der Waals surface area contributed by atoms with Gasteiger partial charge in [0.25, 0.3) is 0 Å². The first-order valence-electron chi connectivity index (χ1n) is 6.31. The highest BCUT2D eigenvalue weighted by atomic mass is 16.1. The Morgan fingerprint density at radius 2 is 2.05 bits per heavy atom. The first kappa shape index (κ1) is 13.3. The summed E-state index contributed by atoms with van der Waals surface area (Å²) >= 11 is 0. The van der Waals surface area contributed by atoms with Crippen LogP contribution in [0.25, 0.3) is 5.69 Å². The molecule has 0 spiro atoms. The number of hydrogen-bond donors (Lipinski definition) is 2. The van der Waals surface area contributed by atoms with E-state index in [4.69, 9.17) is 0 Å². The summed E-state index contributed by atoms with van der Waals surface area (Å²) in [6.07, 6.45) is 2.38. The molecular weight excluding hydrogens is 240 g/mol. The Morgan fingerprint density at radius 1 is 1.26 bits per heavy atom. The summed E-state index contributed by atoms with van der Waals surface area (Å²) < 4.78 is 1.80. The summed E-state index contributed by atoms with van der Waals surface area (Å²) in [7, 11) is 1.83. The molecule has 0 unspecified atom stereocenters. The van der Waals surface area contributed by atoms with E-state index >= 15 is 0 Å². The second-order valence-electron chi connectivity index (χ2n) is 4.22. The van der Waals surface area contributed by atoms with Crippen LogP contribution in [0, 0.1) is 0 Å². The first-order valence-corrected chi connectivity index (χ1v) is 6.31. The molecule has 19 heavy (non-hydrogen) atoms. The van der Waals surface area contributed by atoms with E-state index < -0.39 is 0 Å². The van der Waals surface area contributed by atoms with E-state index in [2.05, 4.69) is 15.7 Å². The maximum Gasteiger partial charge on any atom is 0.221 e. The molecule has 0 bridgehead atoms. The lowest BCUT2D eigenvalue weighted by atomic mass is 10.3. The number of rotatable bonds is 6. The van der Waals surface area contributed by atoms with Crippen molar-refractivity contribution < 1.29 is 4.79 Å². The number of nitrogens with zero attached hydrogens (tertiary/aromatic N) is 2. The Labute approximate surface area is 112 Å². The molecular formula is C14H18N4O. The summed E-state index contributed by atoms with van der Waals surface area (Å²) in [6.45, 7) is 1.15. The predicted molar refractivity (Wildman–Crippen MR) is 74.0 cm³/mol. The number of amides is 1. The van der Waals surface area contributed by atoms with Crippen molar-refractivity contribution in [3.8, 4) is 5.69 Å². The topological polar surface area (TPSA) is 59.0 Å². The van der Waals surface area contributed by atoms with Crippen molar-refractivity contribution in [2.75, 3.05) is 13.6 Å². The first-order chi connectivity index (χ1) is 9.29. The van der Waals surface area contributed by atoms with Crippen LogP contribution >= 0.6 is 0 Å². The molecule has 2 N–H and O–H groups in total. The van der Waals surface area contributed by atoms with Gasteiger partial charge >= 0.3 is 0 Å². The van der Waals surface area contributed by atoms with Gasteiger partial charge in [-0.25, -0.2) is 4.68 Å². The molecule has 1 aromatic heterocycles. The minimum absolute atomic E-state index is 0.0311. The van der Waals surface area contributed by atoms with Gasteiger partial charge in [-0.15, -0.1) is 0 Å². The number of nitrogens with one attached hydrogen (secondary N) is 2. The Morgan fingerprint density at radius 3 is 2.79 bits per heavy atom. The third kappa shape index (κ3) is 3.93. The second kappa shape index (κ2) is 6.70. The summed E-state index contributed by atoms with van der Waals surface area (Å²) in [6, 6.07) is 11.8. The molecule has 2 aromatic rings. The Kier molecular flexibility index (Phi) is 4.69. The number of hydrogen-bond acceptors (Lipinski definition) is 3. The minimum Gasteiger partial charge on any atom is -0.350 e. The van der Waals surface area contributed by atoms with E-state index in [0.717, 1.165) is 11.4 Å². The lowest BCUT2D eigenvalue weighted by molar-refractivity contribution is -0.121. The van der Waals surface area contributed by atoms with Gasteiger partial charge in [-0.1, -0.05) is 18.2 Å². The van der Waals surface area contributed by atoms with Gasteiger partial charge in [0.1, 0.15) is 0 Å². The maximum absolute atomic E-state index is 11.5. The van der Waals surface area contributed by atoms with Crippen LogP contribution in [-0.2, 0) is 11.3 Å². The lowest BCUT2D eigenvalue weighted by Crippen LogP contribution is -2.26. The molecule has 0 saturated carbocycles. The molecule has 2 rings (SSSR count). The summed E-state index contributed by atoms with van der Waals surface area (Å²) in [5.74, 6) is 0.0311. The molecule has 1 aromatic carbocycles. The highest BCUT2D eigenvalue weighted by Gasteiger charge is 2.03. The molecule has 100 valence electrons. The predicted octanol–water partition coefficient (Wildman–Crippen LogP) is 1.10. The highest BCUT2D eigenvalue weighted by molar-refractivity contribution is 5.75. The van der Waals surface area contributed by atoms with Crippen molar-refractivity contribution in [1.29, 1.82) is 0 Å². The van der Waals surface area contributed by atoms with E-state index in [0.29, 0.717) is 19.5 Å². The summed E-state index contributed by atoms with van der Waals surface area (Å²) in [5, 5.41) is 10.2. The van der Waals surface area contributed by atoms with Crippen LogP contribution in [-0.4, -0.2) is 29.3 Å². The largest absolute Gasteiger partial charge is 0.350 e. The van der Waals surface area contributed by atoms with Gasteiger partial charge < -0.3 is 10.6 Å². The summed E-state index contributed by atoms with van der Waals surface area (Å²) in [4.78, 5) is 11.5. The standard InChI is InChI=1S/C14H18N4O/c1-15-9-7-14(19)16-11-12-8-10-18(17-12)13-5-3-2-4-6-13/h2-6,8,10,15H,7,9,11H2,1H3,(H,16,19). The molecule has 0 fully saturated rings. The smallest absolute Gasteiger partial charge is 0.221 e. The number of carbonyl (C=O) groups excluding carboxylic acids is 1. The van der Waals surface area contributed by atoms with Crippen LogP contribution in [0.2, 0.25) is 0 Å². The van der Waals surface area contributed by atoms with Crippen LogP contribution in [0.3, 0.4) is 0 Å². The average Bonchev–Trinajstić information content (AvgIpc) is 2.93. The van der Waals surface area contributed by atoms with Gasteiger partial charge in [0.05, 0.1) is 17.9 Å². The fraction of sp³-hybridized carbons (Fsp3) is 0.286. The third-order valence-corrected chi connectivity index (χ3v) is 2.73. The average molecular weight is 258 g/mol. The van der Waals surface area contributed by atoms with Crippen LogP contribution in [0.1, 0.15) is 12.1 Å². The molecule has 1 heterocycles. The molecule has 1 amide bonds. The molecule has 0 aliphatic heterocycles. The Balaban J connectivity index is 1.90. The van der Waals surface area contributed by atoms with E-state index in [1.807, 2.05) is 49.6 Å². The fourth-order valence-corrected chi connectivity index (χ4v) is 1.70. The van der Waals surface area contributed by atoms with Crippen molar-refractivity contribution in [2.45, 2.75) is 13.0 Å². The van der Waals surface area contributed by atoms with E-state index in [1.54, 1.807) is 4.68 Å². The van der Waals surface area contributed by atoms with Gasteiger partial charge in [0.2, 0.25) is 5.91 Å². The zero-order valence-corrected chi connectivity index (χ0v) is 11.0. The monoisotopic (exact) mass is 258 g/mol. The van der Waals surface area contributed by atoms with Crippen molar-refractivity contribution in [1.82, 2.24) is 20.4 Å². The number of para-hydroxylation sites is 1. The number of benzene rings is 1. The van der Waals surface area contributed by atoms with Crippen LogP contribution < -0.4 is 10.6 Å². The van der Waals surface area contributed by atoms with Crippen molar-refractivity contribution in [2.24, 2.45) is 0 Å². The fourth-order valence-electron chi connectivity index (χ4n) is 1.70. The highest BCUT2D eigenvalue weighted by Crippen LogP contribution is 2.06. The molecule has 0 aliphatic carbocycles. The van der Waals surface area contributed by atoms with Crippen molar-refractivity contribution in [3.05, 3.63) is 48.3 Å². The number of carbonyl (C=O) groups is 1. The quantitative estimate of drug-likeness (QED) is 0.815. The van der Waals surface area contributed by atoms with Gasteiger partial charge in [0, 0.05) is 19.2 Å². The molecule has 5 nitrogen and oxygen atoms in total. The van der Waals surface area contributed by atoms with Gasteiger partial charge in [0.15, 0.2) is 0 Å². The zero-order valence-electron chi connectivity index (χ0n) is 11.0. The third-order valence-electron chi connectivity index (χ3n) is 2.73. The Hall–Kier alpha value is -2.14. The second-order valence-corrected chi connectivity index (χ2v) is 4.22. The van der Waals surface area contributed by atoms with Crippen molar-refractivity contribution >= 4 is 5.91 Å². The van der Waals surface area contributed by atoms with Gasteiger partial charge in [-0.3, -0.25) is 4.79 Å². The van der Waals surface area contributed by atoms with Crippen LogP contribution in [0.5, 0.6) is 0 Å². The zero-order chi connectivity index (χ0) is 13.5. The van der Waals surface area contributed by atoms with Crippen LogP contribution in [0.15, 0.2) is 42.6 Å². The van der Waals surface area contributed by atoms with Crippen LogP contribution in [0.4, 0.5) is 0 Å². The van der Waals surface area contributed by atoms with Gasteiger partial charge in [-0.05, 0) is 25.2 Å². The molecule has 0 saturated heterocycles. The van der Waals surface area contributed by atoms with E-state index in [1.165, 1.54) is 0 Å². The number of aromatic nitrogens is 2. The molecule has 0 aliphatic rings. The SMILES string of the molecule is CNCCC(=O)NCc1ccn(-c2ccccc2)n1. The van der Waals surface area contributed by atoms with Gasteiger partial charge in [-0.2, -0.15) is 5.10 Å². The Bertz CT molecular complexity index is 521. The molecule has 0 radical (unpaired) electrons. The van der Waals surface area contributed by atoms with E-state index in [-0.39, 0.29) is 5.91 Å². The summed E-state index contributed by atoms with van der Waals surface area (Å²) in [5.41, 5.74) is 1.86. The maximum atomic E-state index is 11.5. The molecule has 5 heteroatoms. The lowest BCUT2D eigenvalue weighted by Gasteiger charge is -2.03. The molecule has 0 atom stereocenters.